The Morgan fingerprint density at radius 2 is 2.29 bits per heavy atom. The van der Waals surface area contributed by atoms with Gasteiger partial charge in [-0.1, -0.05) is 18.5 Å². The number of rotatable bonds is 6. The fraction of sp³-hybridized carbons (Fsp3) is 0.583. The lowest BCUT2D eigenvalue weighted by atomic mass is 10.0. The third-order valence-electron chi connectivity index (χ3n) is 2.81. The summed E-state index contributed by atoms with van der Waals surface area (Å²) >= 11 is 7.53. The molecule has 2 N–H and O–H groups in total. The van der Waals surface area contributed by atoms with Crippen LogP contribution in [0.3, 0.4) is 0 Å². The first-order chi connectivity index (χ1) is 8.10. The van der Waals surface area contributed by atoms with Crippen LogP contribution in [-0.2, 0) is 0 Å². The number of halogens is 1. The highest BCUT2D eigenvalue weighted by Crippen LogP contribution is 2.32. The molecule has 0 aliphatic heterocycles. The minimum atomic E-state index is 0.0633. The fourth-order valence-electron chi connectivity index (χ4n) is 1.83. The molecule has 0 saturated carbocycles. The SMILES string of the molecule is CCC(N)C(c1ccc(Cl)s1)N(C)CCC#N. The summed E-state index contributed by atoms with van der Waals surface area (Å²) in [6, 6.07) is 6.29. The average Bonchev–Trinajstić information content (AvgIpc) is 2.73. The van der Waals surface area contributed by atoms with Gasteiger partial charge in [0.2, 0.25) is 0 Å². The largest absolute Gasteiger partial charge is 0.326 e. The molecule has 0 amide bonds. The van der Waals surface area contributed by atoms with E-state index in [-0.39, 0.29) is 12.1 Å². The zero-order chi connectivity index (χ0) is 12.8. The zero-order valence-corrected chi connectivity index (χ0v) is 11.8. The van der Waals surface area contributed by atoms with Gasteiger partial charge in [-0.3, -0.25) is 4.90 Å². The molecule has 0 fully saturated rings. The molecule has 0 bridgehead atoms. The van der Waals surface area contributed by atoms with Gasteiger partial charge in [-0.05, 0) is 25.6 Å². The van der Waals surface area contributed by atoms with Crippen LogP contribution in [0, 0.1) is 11.3 Å². The highest BCUT2D eigenvalue weighted by atomic mass is 35.5. The van der Waals surface area contributed by atoms with Crippen molar-refractivity contribution in [2.75, 3.05) is 13.6 Å². The number of hydrogen-bond donors (Lipinski definition) is 1. The van der Waals surface area contributed by atoms with E-state index in [0.717, 1.165) is 17.3 Å². The molecule has 3 nitrogen and oxygen atoms in total. The fourth-order valence-corrected chi connectivity index (χ4v) is 3.13. The molecule has 0 aromatic carbocycles. The highest BCUT2D eigenvalue weighted by Gasteiger charge is 2.24. The summed E-state index contributed by atoms with van der Waals surface area (Å²) < 4.78 is 0.780. The molecule has 17 heavy (non-hydrogen) atoms. The Kier molecular flexibility index (Phi) is 5.93. The van der Waals surface area contributed by atoms with E-state index in [4.69, 9.17) is 22.6 Å². The third-order valence-corrected chi connectivity index (χ3v) is 4.12. The van der Waals surface area contributed by atoms with Crippen LogP contribution in [0.15, 0.2) is 12.1 Å². The van der Waals surface area contributed by atoms with E-state index in [9.17, 15) is 0 Å². The van der Waals surface area contributed by atoms with Crippen molar-refractivity contribution in [2.24, 2.45) is 5.73 Å². The number of likely N-dealkylation sites (N-methyl/N-ethyl adjacent to an activating group) is 1. The van der Waals surface area contributed by atoms with Crippen molar-refractivity contribution in [3.05, 3.63) is 21.3 Å². The lowest BCUT2D eigenvalue weighted by molar-refractivity contribution is 0.217. The van der Waals surface area contributed by atoms with Crippen LogP contribution in [-0.4, -0.2) is 24.5 Å². The van der Waals surface area contributed by atoms with E-state index >= 15 is 0 Å². The van der Waals surface area contributed by atoms with E-state index in [1.54, 1.807) is 11.3 Å². The third kappa shape index (κ3) is 3.97. The lowest BCUT2D eigenvalue weighted by Gasteiger charge is -2.31. The summed E-state index contributed by atoms with van der Waals surface area (Å²) in [5.74, 6) is 0. The Morgan fingerprint density at radius 3 is 2.76 bits per heavy atom. The standard InChI is InChI=1S/C12H18ClN3S/c1-3-9(15)12(16(2)8-4-7-14)10-5-6-11(13)17-10/h5-6,9,12H,3-4,8,15H2,1-2H3. The number of nitrogens with zero attached hydrogens (tertiary/aromatic N) is 2. The molecule has 0 aliphatic rings. The van der Waals surface area contributed by atoms with E-state index in [0.29, 0.717) is 6.42 Å². The van der Waals surface area contributed by atoms with Crippen LogP contribution in [0.4, 0.5) is 0 Å². The Balaban J connectivity index is 2.84. The van der Waals surface area contributed by atoms with Gasteiger partial charge in [-0.25, -0.2) is 0 Å². The zero-order valence-electron chi connectivity index (χ0n) is 10.2. The van der Waals surface area contributed by atoms with Crippen LogP contribution in [0.1, 0.15) is 30.7 Å². The van der Waals surface area contributed by atoms with E-state index in [1.165, 1.54) is 4.88 Å². The normalized spacial score (nSPS) is 14.6. The van der Waals surface area contributed by atoms with E-state index in [1.807, 2.05) is 19.2 Å². The van der Waals surface area contributed by atoms with Crippen LogP contribution in [0.25, 0.3) is 0 Å². The van der Waals surface area contributed by atoms with Crippen molar-refractivity contribution in [3.8, 4) is 6.07 Å². The summed E-state index contributed by atoms with van der Waals surface area (Å²) in [6.07, 6.45) is 1.42. The molecule has 2 atom stereocenters. The molecule has 94 valence electrons. The lowest BCUT2D eigenvalue weighted by Crippen LogP contribution is -2.38. The van der Waals surface area contributed by atoms with Gasteiger partial charge in [0.25, 0.3) is 0 Å². The molecule has 0 saturated heterocycles. The van der Waals surface area contributed by atoms with Crippen molar-refractivity contribution in [3.63, 3.8) is 0 Å². The maximum absolute atomic E-state index is 8.64. The van der Waals surface area contributed by atoms with Crippen molar-refractivity contribution in [1.82, 2.24) is 4.90 Å². The van der Waals surface area contributed by atoms with Crippen molar-refractivity contribution in [1.29, 1.82) is 5.26 Å². The van der Waals surface area contributed by atoms with Crippen molar-refractivity contribution >= 4 is 22.9 Å². The molecular formula is C12H18ClN3S. The Morgan fingerprint density at radius 1 is 1.59 bits per heavy atom. The monoisotopic (exact) mass is 271 g/mol. The quantitative estimate of drug-likeness (QED) is 0.865. The second kappa shape index (κ2) is 6.97. The van der Waals surface area contributed by atoms with Gasteiger partial charge in [0, 0.05) is 23.9 Å². The van der Waals surface area contributed by atoms with Crippen LogP contribution in [0.5, 0.6) is 0 Å². The minimum Gasteiger partial charge on any atom is -0.326 e. The van der Waals surface area contributed by atoms with Gasteiger partial charge in [0.05, 0.1) is 16.4 Å². The number of nitriles is 1. The molecule has 1 rings (SSSR count). The molecular weight excluding hydrogens is 254 g/mol. The second-order valence-electron chi connectivity index (χ2n) is 4.05. The number of thiophene rings is 1. The van der Waals surface area contributed by atoms with Crippen LogP contribution >= 0.6 is 22.9 Å². The molecule has 1 heterocycles. The van der Waals surface area contributed by atoms with Gasteiger partial charge in [-0.15, -0.1) is 11.3 Å². The Hall–Kier alpha value is -0.600. The molecule has 0 spiro atoms. The first kappa shape index (κ1) is 14.5. The maximum Gasteiger partial charge on any atom is 0.0931 e. The van der Waals surface area contributed by atoms with Gasteiger partial charge in [-0.2, -0.15) is 5.26 Å². The first-order valence-electron chi connectivity index (χ1n) is 5.68. The van der Waals surface area contributed by atoms with Gasteiger partial charge < -0.3 is 5.73 Å². The molecule has 0 radical (unpaired) electrons. The average molecular weight is 272 g/mol. The molecule has 0 aliphatic carbocycles. The summed E-state index contributed by atoms with van der Waals surface area (Å²) in [5.41, 5.74) is 6.17. The van der Waals surface area contributed by atoms with Crippen molar-refractivity contribution < 1.29 is 0 Å². The molecule has 1 aromatic heterocycles. The smallest absolute Gasteiger partial charge is 0.0931 e. The number of nitrogens with two attached hydrogens (primary N) is 1. The predicted octanol–water partition coefficient (Wildman–Crippen LogP) is 3.03. The Labute approximate surface area is 112 Å². The Bertz CT molecular complexity index is 385. The molecule has 1 aromatic rings. The maximum atomic E-state index is 8.64. The number of hydrogen-bond acceptors (Lipinski definition) is 4. The summed E-state index contributed by atoms with van der Waals surface area (Å²) in [7, 11) is 2.01. The van der Waals surface area contributed by atoms with E-state index in [2.05, 4.69) is 17.9 Å². The summed E-state index contributed by atoms with van der Waals surface area (Å²) in [5, 5.41) is 8.64. The summed E-state index contributed by atoms with van der Waals surface area (Å²) in [4.78, 5) is 3.31. The van der Waals surface area contributed by atoms with Crippen LogP contribution in [0.2, 0.25) is 4.34 Å². The molecule has 2 unspecified atom stereocenters. The molecule has 5 heteroatoms. The predicted molar refractivity (Wildman–Crippen MR) is 73.2 cm³/mol. The minimum absolute atomic E-state index is 0.0633. The van der Waals surface area contributed by atoms with Gasteiger partial charge >= 0.3 is 0 Å². The van der Waals surface area contributed by atoms with E-state index < -0.39 is 0 Å². The van der Waals surface area contributed by atoms with Gasteiger partial charge in [0.15, 0.2) is 0 Å². The first-order valence-corrected chi connectivity index (χ1v) is 6.87. The topological polar surface area (TPSA) is 53.0 Å². The van der Waals surface area contributed by atoms with Crippen LogP contribution < -0.4 is 5.73 Å². The van der Waals surface area contributed by atoms with Crippen molar-refractivity contribution in [2.45, 2.75) is 31.8 Å². The highest BCUT2D eigenvalue weighted by molar-refractivity contribution is 7.16. The summed E-state index contributed by atoms with van der Waals surface area (Å²) in [6.45, 7) is 2.80. The van der Waals surface area contributed by atoms with Gasteiger partial charge in [0.1, 0.15) is 0 Å². The second-order valence-corrected chi connectivity index (χ2v) is 5.79.